The van der Waals surface area contributed by atoms with Gasteiger partial charge < -0.3 is 10.1 Å². The summed E-state index contributed by atoms with van der Waals surface area (Å²) in [6.07, 6.45) is 1.66. The molecule has 0 saturated heterocycles. The van der Waals surface area contributed by atoms with Gasteiger partial charge in [-0.3, -0.25) is 9.59 Å². The van der Waals surface area contributed by atoms with Gasteiger partial charge in [0.1, 0.15) is 6.61 Å². The Morgan fingerprint density at radius 2 is 1.53 bits per heavy atom. The molecule has 0 bridgehead atoms. The summed E-state index contributed by atoms with van der Waals surface area (Å²) in [6, 6.07) is 26.3. The zero-order valence-electron chi connectivity index (χ0n) is 17.2. The number of aromatic nitrogens is 1. The molecule has 156 valence electrons. The smallest absolute Gasteiger partial charge is 0.251 e. The molecule has 0 fully saturated rings. The molecular weight excluding hydrogens is 400 g/mol. The summed E-state index contributed by atoms with van der Waals surface area (Å²) in [4.78, 5) is 29.6. The molecule has 4 aromatic rings. The summed E-state index contributed by atoms with van der Waals surface area (Å²) in [5, 5.41) is 2.91. The van der Waals surface area contributed by atoms with Crippen LogP contribution in [0.3, 0.4) is 0 Å². The number of hydrogen-bond acceptors (Lipinski definition) is 4. The molecule has 5 heteroatoms. The van der Waals surface area contributed by atoms with Crippen molar-refractivity contribution in [3.8, 4) is 17.0 Å². The number of amides is 1. The fourth-order valence-corrected chi connectivity index (χ4v) is 3.82. The van der Waals surface area contributed by atoms with E-state index in [9.17, 15) is 9.59 Å². The number of nitrogens with zero attached hydrogens (tertiary/aromatic N) is 1. The first-order valence-corrected chi connectivity index (χ1v) is 10.4. The summed E-state index contributed by atoms with van der Waals surface area (Å²) in [5.41, 5.74) is 5.43. The van der Waals surface area contributed by atoms with Crippen LogP contribution < -0.4 is 10.1 Å². The van der Waals surface area contributed by atoms with Crippen molar-refractivity contribution in [2.75, 3.05) is 0 Å². The molecule has 0 spiro atoms. The quantitative estimate of drug-likeness (QED) is 0.428. The van der Waals surface area contributed by atoms with Gasteiger partial charge in [0.2, 0.25) is 5.88 Å². The van der Waals surface area contributed by atoms with Gasteiger partial charge in [0.05, 0.1) is 0 Å². The highest BCUT2D eigenvalue weighted by Gasteiger charge is 2.26. The minimum absolute atomic E-state index is 0.0420. The lowest BCUT2D eigenvalue weighted by Gasteiger charge is -2.09. The molecule has 0 saturated carbocycles. The molecule has 1 aromatic heterocycles. The van der Waals surface area contributed by atoms with Gasteiger partial charge in [0.25, 0.3) is 5.91 Å². The molecule has 1 aliphatic rings. The summed E-state index contributed by atoms with van der Waals surface area (Å²) in [7, 11) is 0. The molecule has 1 N–H and O–H groups in total. The Bertz CT molecular complexity index is 1320. The maximum Gasteiger partial charge on any atom is 0.251 e. The summed E-state index contributed by atoms with van der Waals surface area (Å²) in [5.74, 6) is 0.223. The van der Waals surface area contributed by atoms with E-state index in [4.69, 9.17) is 4.74 Å². The SMILES string of the molecule is O=C(NCc1ccnc(OCc2ccccc2)c1)c1ccc2c(c1)C(=O)c1ccccc1-2. The zero-order chi connectivity index (χ0) is 21.9. The van der Waals surface area contributed by atoms with Crippen LogP contribution in [0.15, 0.2) is 91.1 Å². The molecule has 3 aromatic carbocycles. The number of rotatable bonds is 6. The number of ether oxygens (including phenoxy) is 1. The molecule has 0 atom stereocenters. The van der Waals surface area contributed by atoms with E-state index in [1.54, 1.807) is 18.3 Å². The van der Waals surface area contributed by atoms with Crippen molar-refractivity contribution >= 4 is 11.7 Å². The Morgan fingerprint density at radius 3 is 2.38 bits per heavy atom. The van der Waals surface area contributed by atoms with Gasteiger partial charge in [-0.25, -0.2) is 4.98 Å². The number of carbonyl (C=O) groups excluding carboxylic acids is 2. The van der Waals surface area contributed by atoms with Crippen LogP contribution in [0.1, 0.15) is 37.4 Å². The van der Waals surface area contributed by atoms with Crippen LogP contribution >= 0.6 is 0 Å². The van der Waals surface area contributed by atoms with Crippen molar-refractivity contribution in [3.05, 3.63) is 119 Å². The van der Waals surface area contributed by atoms with E-state index in [1.807, 2.05) is 72.8 Å². The van der Waals surface area contributed by atoms with Gasteiger partial charge in [-0.05, 0) is 40.5 Å². The molecule has 5 rings (SSSR count). The predicted molar refractivity (Wildman–Crippen MR) is 121 cm³/mol. The largest absolute Gasteiger partial charge is 0.473 e. The topological polar surface area (TPSA) is 68.3 Å². The lowest BCUT2D eigenvalue weighted by Crippen LogP contribution is -2.23. The second-order valence-electron chi connectivity index (χ2n) is 7.59. The van der Waals surface area contributed by atoms with E-state index in [0.717, 1.165) is 22.3 Å². The van der Waals surface area contributed by atoms with Gasteiger partial charge >= 0.3 is 0 Å². The van der Waals surface area contributed by atoms with Crippen LogP contribution in [-0.4, -0.2) is 16.7 Å². The van der Waals surface area contributed by atoms with E-state index >= 15 is 0 Å². The fourth-order valence-electron chi connectivity index (χ4n) is 3.82. The maximum atomic E-state index is 12.7. The van der Waals surface area contributed by atoms with Gasteiger partial charge in [0.15, 0.2) is 5.78 Å². The third kappa shape index (κ3) is 3.88. The number of benzene rings is 3. The number of fused-ring (bicyclic) bond motifs is 3. The first-order chi connectivity index (χ1) is 15.7. The van der Waals surface area contributed by atoms with Gasteiger partial charge in [-0.1, -0.05) is 60.7 Å². The van der Waals surface area contributed by atoms with E-state index in [1.165, 1.54) is 0 Å². The lowest BCUT2D eigenvalue weighted by atomic mass is 10.0. The maximum absolute atomic E-state index is 12.7. The molecule has 1 heterocycles. The van der Waals surface area contributed by atoms with Crippen molar-refractivity contribution in [1.82, 2.24) is 10.3 Å². The predicted octanol–water partition coefficient (Wildman–Crippen LogP) is 4.80. The average Bonchev–Trinajstić information content (AvgIpc) is 3.14. The highest BCUT2D eigenvalue weighted by Crippen LogP contribution is 2.36. The second-order valence-corrected chi connectivity index (χ2v) is 7.59. The van der Waals surface area contributed by atoms with Crippen molar-refractivity contribution in [2.45, 2.75) is 13.2 Å². The summed E-state index contributed by atoms with van der Waals surface area (Å²) >= 11 is 0. The number of nitrogens with one attached hydrogen (secondary N) is 1. The van der Waals surface area contributed by atoms with Crippen LogP contribution in [-0.2, 0) is 13.2 Å². The molecule has 0 aliphatic heterocycles. The fraction of sp³-hybridized carbons (Fsp3) is 0.0741. The molecule has 0 unspecified atom stereocenters. The first kappa shape index (κ1) is 19.7. The van der Waals surface area contributed by atoms with Crippen molar-refractivity contribution < 1.29 is 14.3 Å². The van der Waals surface area contributed by atoms with E-state index in [0.29, 0.717) is 35.7 Å². The molecule has 5 nitrogen and oxygen atoms in total. The molecular formula is C27H20N2O3. The van der Waals surface area contributed by atoms with Crippen LogP contribution in [0.2, 0.25) is 0 Å². The monoisotopic (exact) mass is 420 g/mol. The number of carbonyl (C=O) groups is 2. The summed E-state index contributed by atoms with van der Waals surface area (Å²) in [6.45, 7) is 0.753. The molecule has 1 aliphatic carbocycles. The van der Waals surface area contributed by atoms with E-state index in [2.05, 4.69) is 10.3 Å². The minimum atomic E-state index is -0.236. The Kier molecular flexibility index (Phi) is 5.22. The number of ketones is 1. The van der Waals surface area contributed by atoms with Crippen LogP contribution in [0.25, 0.3) is 11.1 Å². The molecule has 0 radical (unpaired) electrons. The standard InChI is InChI=1S/C27H20N2O3/c30-26-23-9-5-4-8-21(23)22-11-10-20(15-24(22)26)27(31)29-16-19-12-13-28-25(14-19)32-17-18-6-2-1-3-7-18/h1-15H,16-17H2,(H,29,31). The highest BCUT2D eigenvalue weighted by molar-refractivity contribution is 6.22. The second kappa shape index (κ2) is 8.47. The Balaban J connectivity index is 1.24. The van der Waals surface area contributed by atoms with Crippen molar-refractivity contribution in [3.63, 3.8) is 0 Å². The Morgan fingerprint density at radius 1 is 0.781 bits per heavy atom. The highest BCUT2D eigenvalue weighted by atomic mass is 16.5. The number of pyridine rings is 1. The van der Waals surface area contributed by atoms with Crippen LogP contribution in [0.4, 0.5) is 0 Å². The zero-order valence-corrected chi connectivity index (χ0v) is 17.2. The van der Waals surface area contributed by atoms with E-state index < -0.39 is 0 Å². The molecule has 1 amide bonds. The van der Waals surface area contributed by atoms with Gasteiger partial charge in [-0.2, -0.15) is 0 Å². The number of hydrogen-bond donors (Lipinski definition) is 1. The molecule has 32 heavy (non-hydrogen) atoms. The normalized spacial score (nSPS) is 11.6. The Labute approximate surface area is 185 Å². The van der Waals surface area contributed by atoms with Crippen molar-refractivity contribution in [1.29, 1.82) is 0 Å². The third-order valence-corrected chi connectivity index (χ3v) is 5.47. The van der Waals surface area contributed by atoms with Crippen LogP contribution in [0, 0.1) is 0 Å². The van der Waals surface area contributed by atoms with Gasteiger partial charge in [-0.15, -0.1) is 0 Å². The first-order valence-electron chi connectivity index (χ1n) is 10.4. The van der Waals surface area contributed by atoms with Crippen LogP contribution in [0.5, 0.6) is 5.88 Å². The lowest BCUT2D eigenvalue weighted by molar-refractivity contribution is 0.0951. The van der Waals surface area contributed by atoms with E-state index in [-0.39, 0.29) is 11.7 Å². The van der Waals surface area contributed by atoms with Crippen molar-refractivity contribution in [2.24, 2.45) is 0 Å². The average molecular weight is 420 g/mol. The summed E-state index contributed by atoms with van der Waals surface area (Å²) < 4.78 is 5.76. The third-order valence-electron chi connectivity index (χ3n) is 5.47. The minimum Gasteiger partial charge on any atom is -0.473 e. The van der Waals surface area contributed by atoms with Gasteiger partial charge in [0, 0.05) is 35.5 Å². The Hall–Kier alpha value is -4.25.